The predicted molar refractivity (Wildman–Crippen MR) is 126 cm³/mol. The van der Waals surface area contributed by atoms with E-state index in [0.717, 1.165) is 18.2 Å². The number of carbonyl (C=O) groups is 1. The molecule has 2 unspecified atom stereocenters. The maximum Gasteiger partial charge on any atom is 0.455 e. The zero-order valence-corrected chi connectivity index (χ0v) is 19.1. The smallest absolute Gasteiger partial charge is 0.383 e. The molecule has 9 nitrogen and oxygen atoms in total. The number of aromatic nitrogens is 1. The summed E-state index contributed by atoms with van der Waals surface area (Å²) in [6.07, 6.45) is 0.826. The molecular formula is C23H20F5N8O+. The molecule has 0 spiro atoms. The maximum absolute atomic E-state index is 14.5. The third kappa shape index (κ3) is 4.60. The van der Waals surface area contributed by atoms with Gasteiger partial charge in [-0.25, -0.2) is 18.8 Å². The van der Waals surface area contributed by atoms with Crippen LogP contribution in [0.25, 0.3) is 5.70 Å². The van der Waals surface area contributed by atoms with Crippen molar-refractivity contribution < 1.29 is 31.4 Å². The van der Waals surface area contributed by atoms with Crippen LogP contribution in [-0.4, -0.2) is 64.2 Å². The number of hydrogen-bond donors (Lipinski definition) is 2. The van der Waals surface area contributed by atoms with Crippen molar-refractivity contribution in [1.29, 1.82) is 0 Å². The number of piperidine rings is 1. The van der Waals surface area contributed by atoms with Crippen LogP contribution in [0.4, 0.5) is 33.6 Å². The summed E-state index contributed by atoms with van der Waals surface area (Å²) in [5, 5.41) is 9.62. The molecule has 4 heterocycles. The van der Waals surface area contributed by atoms with Crippen molar-refractivity contribution in [2.24, 2.45) is 15.1 Å². The lowest BCUT2D eigenvalue weighted by Crippen LogP contribution is -2.61. The van der Waals surface area contributed by atoms with Crippen molar-refractivity contribution in [2.75, 3.05) is 24.1 Å². The van der Waals surface area contributed by atoms with Crippen LogP contribution in [0.2, 0.25) is 0 Å². The summed E-state index contributed by atoms with van der Waals surface area (Å²) in [6.45, 7) is 0.983. The van der Waals surface area contributed by atoms with E-state index in [1.807, 2.05) is 5.01 Å². The van der Waals surface area contributed by atoms with Crippen molar-refractivity contribution in [3.05, 3.63) is 59.3 Å². The highest BCUT2D eigenvalue weighted by molar-refractivity contribution is 6.29. The Hall–Kier alpha value is -4.04. The number of Topliss-reactive ketones (excluding diaryl/α,β-unsaturated/α-hetero) is 1. The summed E-state index contributed by atoms with van der Waals surface area (Å²) in [6, 6.07) is 5.27. The Bertz CT molecular complexity index is 1390. The third-order valence-electron chi connectivity index (χ3n) is 6.19. The molecule has 1 saturated heterocycles. The van der Waals surface area contributed by atoms with Gasteiger partial charge in [-0.05, 0) is 46.9 Å². The lowest BCUT2D eigenvalue weighted by Gasteiger charge is -2.40. The largest absolute Gasteiger partial charge is 0.455 e. The zero-order chi connectivity index (χ0) is 26.4. The average molecular weight is 519 g/mol. The number of hydrogen-bond acceptors (Lipinski definition) is 8. The van der Waals surface area contributed by atoms with Gasteiger partial charge in [0.2, 0.25) is 0 Å². The lowest BCUT2D eigenvalue weighted by molar-refractivity contribution is -0.917. The van der Waals surface area contributed by atoms with Gasteiger partial charge in [-0.1, -0.05) is 0 Å². The molecule has 0 bridgehead atoms. The minimum atomic E-state index is -5.06. The second kappa shape index (κ2) is 9.12. The molecule has 2 aromatic rings. The summed E-state index contributed by atoms with van der Waals surface area (Å²) in [5.74, 6) is -3.37. The number of nitrogens with two attached hydrogens (primary N) is 1. The first kappa shape index (κ1) is 24.6. The number of nitrogens with zero attached hydrogens (tertiary/aromatic N) is 6. The second-order valence-electron chi connectivity index (χ2n) is 8.62. The van der Waals surface area contributed by atoms with E-state index < -0.39 is 35.0 Å². The number of benzene rings is 1. The van der Waals surface area contributed by atoms with Gasteiger partial charge >= 0.3 is 6.18 Å². The molecule has 3 N–H and O–H groups in total. The van der Waals surface area contributed by atoms with Gasteiger partial charge in [0, 0.05) is 17.7 Å². The second-order valence-corrected chi connectivity index (χ2v) is 8.62. The van der Waals surface area contributed by atoms with Gasteiger partial charge in [-0.3, -0.25) is 4.79 Å². The molecule has 1 aromatic heterocycles. The molecule has 1 fully saturated rings. The summed E-state index contributed by atoms with van der Waals surface area (Å²) in [7, 11) is 0. The number of carbonyl (C=O) groups excluding carboxylic acids is 1. The Kier molecular flexibility index (Phi) is 6.07. The van der Waals surface area contributed by atoms with Crippen molar-refractivity contribution in [1.82, 2.24) is 9.99 Å². The Balaban J connectivity index is 1.38. The van der Waals surface area contributed by atoms with Gasteiger partial charge in [0.15, 0.2) is 12.5 Å². The van der Waals surface area contributed by atoms with Crippen molar-refractivity contribution in [2.45, 2.75) is 25.1 Å². The number of ketones is 1. The molecule has 3 aliphatic rings. The minimum absolute atomic E-state index is 0.108. The zero-order valence-electron chi connectivity index (χ0n) is 19.1. The molecule has 2 atom stereocenters. The first-order valence-corrected chi connectivity index (χ1v) is 11.2. The van der Waals surface area contributed by atoms with E-state index in [9.17, 15) is 26.7 Å². The number of halogens is 5. The number of amidine groups is 1. The monoisotopic (exact) mass is 519 g/mol. The summed E-state index contributed by atoms with van der Waals surface area (Å²) in [4.78, 5) is 24.0. The Morgan fingerprint density at radius 1 is 1.19 bits per heavy atom. The Morgan fingerprint density at radius 3 is 2.73 bits per heavy atom. The van der Waals surface area contributed by atoms with Gasteiger partial charge in [-0.15, -0.1) is 5.01 Å². The number of nitrogen functional groups attached to an aromatic ring is 1. The first-order valence-electron chi connectivity index (χ1n) is 11.2. The topological polar surface area (TPSA) is 108 Å². The number of quaternary nitrogens is 1. The van der Waals surface area contributed by atoms with Gasteiger partial charge in [0.25, 0.3) is 11.6 Å². The fraction of sp³-hybridized carbons (Fsp3) is 0.261. The number of anilines is 2. The van der Waals surface area contributed by atoms with Crippen molar-refractivity contribution >= 4 is 41.5 Å². The molecular weight excluding hydrogens is 499 g/mol. The van der Waals surface area contributed by atoms with Crippen LogP contribution in [0.3, 0.4) is 0 Å². The summed E-state index contributed by atoms with van der Waals surface area (Å²) in [5.41, 5.74) is 5.28. The first-order chi connectivity index (χ1) is 17.6. The third-order valence-corrected chi connectivity index (χ3v) is 6.19. The van der Waals surface area contributed by atoms with E-state index in [-0.39, 0.29) is 27.8 Å². The highest BCUT2D eigenvalue weighted by Gasteiger charge is 2.47. The minimum Gasteiger partial charge on any atom is -0.383 e. The highest BCUT2D eigenvalue weighted by atomic mass is 19.4. The molecule has 14 heteroatoms. The van der Waals surface area contributed by atoms with Crippen LogP contribution in [0.1, 0.15) is 28.8 Å². The quantitative estimate of drug-likeness (QED) is 0.356. The van der Waals surface area contributed by atoms with Crippen LogP contribution in [-0.2, 0) is 0 Å². The molecule has 5 rings (SSSR count). The van der Waals surface area contributed by atoms with E-state index in [1.165, 1.54) is 24.7 Å². The number of rotatable bonds is 5. The lowest BCUT2D eigenvalue weighted by atomic mass is 10.1. The van der Waals surface area contributed by atoms with Crippen molar-refractivity contribution in [3.63, 3.8) is 0 Å². The van der Waals surface area contributed by atoms with Crippen LogP contribution in [0.5, 0.6) is 0 Å². The number of aliphatic imine (C=N–C) groups is 2. The standard InChI is InChI=1S/C23H19F5N8O/c24-13-3-4-15(17(25)8-13)18-11-36(20(9-30-18)31-12-32-36)35-7-1-2-14(10-35)33-19-6-5-16(22(29)34-19)21(37)23(26,27)28/h3-6,8-9,11-12,14H,1-2,7,10H2,(H2-,29,33,34,37)/p+1. The van der Waals surface area contributed by atoms with Gasteiger partial charge < -0.3 is 11.1 Å². The van der Waals surface area contributed by atoms with Gasteiger partial charge in [-0.2, -0.15) is 18.2 Å². The molecule has 0 radical (unpaired) electrons. The number of pyridine rings is 1. The average Bonchev–Trinajstić information content (AvgIpc) is 3.28. The van der Waals surface area contributed by atoms with Crippen molar-refractivity contribution in [3.8, 4) is 0 Å². The highest BCUT2D eigenvalue weighted by Crippen LogP contribution is 2.33. The normalized spacial score (nSPS) is 23.4. The van der Waals surface area contributed by atoms with Crippen LogP contribution in [0, 0.1) is 11.6 Å². The number of nitrogens with one attached hydrogen (secondary N) is 1. The molecule has 3 aliphatic heterocycles. The number of fused-ring (bicyclic) bond motifs is 1. The molecule has 0 aliphatic carbocycles. The van der Waals surface area contributed by atoms with Gasteiger partial charge in [0.1, 0.15) is 35.2 Å². The summed E-state index contributed by atoms with van der Waals surface area (Å²) < 4.78 is 66.0. The van der Waals surface area contributed by atoms with Crippen LogP contribution < -0.4 is 11.1 Å². The fourth-order valence-electron chi connectivity index (χ4n) is 4.45. The SMILES string of the molecule is Nc1nc(NC2CCCN([N+]34C=C(c5ccc(F)cc5F)N=CC3=NC=N4)C2)ccc1C(=O)C(F)(F)F. The molecule has 192 valence electrons. The van der Waals surface area contributed by atoms with E-state index in [0.29, 0.717) is 31.8 Å². The molecule has 37 heavy (non-hydrogen) atoms. The Morgan fingerprint density at radius 2 is 2.00 bits per heavy atom. The molecule has 1 aromatic carbocycles. The van der Waals surface area contributed by atoms with Crippen LogP contribution in [0.15, 0.2) is 51.6 Å². The van der Waals surface area contributed by atoms with Crippen LogP contribution >= 0.6 is 0 Å². The van der Waals surface area contributed by atoms with Gasteiger partial charge in [0.05, 0.1) is 18.7 Å². The van der Waals surface area contributed by atoms with E-state index in [4.69, 9.17) is 5.73 Å². The number of alkyl halides is 3. The van der Waals surface area contributed by atoms with E-state index in [2.05, 4.69) is 25.4 Å². The molecule has 0 saturated carbocycles. The summed E-state index contributed by atoms with van der Waals surface area (Å²) >= 11 is 0. The predicted octanol–water partition coefficient (Wildman–Crippen LogP) is 3.73. The molecule has 0 amide bonds. The Labute approximate surface area is 207 Å². The van der Waals surface area contributed by atoms with E-state index in [1.54, 1.807) is 6.20 Å². The fourth-order valence-corrected chi connectivity index (χ4v) is 4.45. The maximum atomic E-state index is 14.5. The van der Waals surface area contributed by atoms with E-state index >= 15 is 0 Å².